The Hall–Kier alpha value is -2.70. The molecule has 140 valence electrons. The molecule has 0 aliphatic heterocycles. The van der Waals surface area contributed by atoms with Gasteiger partial charge < -0.3 is 0 Å². The first-order valence-corrected chi connectivity index (χ1v) is 11.2. The molecule has 0 atom stereocenters. The van der Waals surface area contributed by atoms with Crippen LogP contribution in [0.2, 0.25) is 0 Å². The van der Waals surface area contributed by atoms with Gasteiger partial charge in [-0.05, 0) is 18.2 Å². The van der Waals surface area contributed by atoms with Gasteiger partial charge in [-0.1, -0.05) is 82.7 Å². The lowest BCUT2D eigenvalue weighted by Gasteiger charge is -2.11. The van der Waals surface area contributed by atoms with Gasteiger partial charge in [0, 0.05) is 16.3 Å². The molecule has 0 saturated heterocycles. The van der Waals surface area contributed by atoms with Crippen LogP contribution in [0.15, 0.2) is 89.8 Å². The average molecular weight is 454 g/mol. The number of nitrogens with zero attached hydrogens (tertiary/aromatic N) is 1. The van der Waals surface area contributed by atoms with Crippen LogP contribution in [-0.2, 0) is 15.4 Å². The maximum absolute atomic E-state index is 13.4. The average Bonchev–Trinajstić information content (AvgIpc) is 3.09. The molecule has 0 spiro atoms. The van der Waals surface area contributed by atoms with Gasteiger partial charge in [0.05, 0.1) is 21.7 Å². The fourth-order valence-electron chi connectivity index (χ4n) is 3.35. The second kappa shape index (κ2) is 7.37. The Kier molecular flexibility index (Phi) is 4.91. The van der Waals surface area contributed by atoms with E-state index in [1.54, 1.807) is 72.8 Å². The van der Waals surface area contributed by atoms with Gasteiger partial charge in [-0.15, -0.1) is 0 Å². The number of rotatable bonds is 5. The zero-order valence-corrected chi connectivity index (χ0v) is 17.2. The fourth-order valence-corrected chi connectivity index (χ4v) is 5.62. The maximum atomic E-state index is 13.4. The van der Waals surface area contributed by atoms with Crippen LogP contribution >= 0.6 is 15.9 Å². The summed E-state index contributed by atoms with van der Waals surface area (Å²) in [5, 5.41) is 0.840. The standard InChI is InChI=1S/C22H16BrNO3S/c23-15-20-21(22(25)16-9-3-1-4-10-16)18-13-7-8-14-19(18)24(20)28(26,27)17-11-5-2-6-12-17/h1-14H,15H2. The summed E-state index contributed by atoms with van der Waals surface area (Å²) in [5.74, 6) is -0.201. The van der Waals surface area contributed by atoms with Crippen LogP contribution in [0.1, 0.15) is 21.6 Å². The number of carbonyl (C=O) groups is 1. The molecular formula is C22H16BrNO3S. The van der Waals surface area contributed by atoms with Crippen LogP contribution in [-0.4, -0.2) is 18.2 Å². The molecule has 6 heteroatoms. The van der Waals surface area contributed by atoms with Crippen molar-refractivity contribution in [1.82, 2.24) is 3.97 Å². The molecule has 0 saturated carbocycles. The zero-order chi connectivity index (χ0) is 19.7. The molecule has 0 radical (unpaired) electrons. The van der Waals surface area contributed by atoms with Gasteiger partial charge in [0.15, 0.2) is 5.78 Å². The van der Waals surface area contributed by atoms with E-state index in [4.69, 9.17) is 0 Å². The number of hydrogen-bond donors (Lipinski definition) is 0. The predicted molar refractivity (Wildman–Crippen MR) is 113 cm³/mol. The van der Waals surface area contributed by atoms with Crippen molar-refractivity contribution < 1.29 is 13.2 Å². The minimum atomic E-state index is -3.87. The highest BCUT2D eigenvalue weighted by atomic mass is 79.9. The molecule has 0 amide bonds. The Morgan fingerprint density at radius 2 is 1.39 bits per heavy atom. The van der Waals surface area contributed by atoms with Gasteiger partial charge in [0.1, 0.15) is 0 Å². The van der Waals surface area contributed by atoms with Crippen molar-refractivity contribution in [3.8, 4) is 0 Å². The van der Waals surface area contributed by atoms with Crippen molar-refractivity contribution in [3.63, 3.8) is 0 Å². The molecule has 1 aromatic heterocycles. The topological polar surface area (TPSA) is 56.1 Å². The molecule has 3 aromatic carbocycles. The molecule has 0 bridgehead atoms. The molecule has 0 N–H and O–H groups in total. The van der Waals surface area contributed by atoms with E-state index in [2.05, 4.69) is 15.9 Å². The van der Waals surface area contributed by atoms with Gasteiger partial charge in [-0.25, -0.2) is 12.4 Å². The van der Waals surface area contributed by atoms with Crippen molar-refractivity contribution in [1.29, 1.82) is 0 Å². The second-order valence-electron chi connectivity index (χ2n) is 6.25. The minimum Gasteiger partial charge on any atom is -0.289 e. The Bertz CT molecular complexity index is 1260. The summed E-state index contributed by atoms with van der Waals surface area (Å²) in [5.41, 5.74) is 1.82. The Morgan fingerprint density at radius 1 is 0.821 bits per heavy atom. The van der Waals surface area contributed by atoms with Gasteiger partial charge in [-0.2, -0.15) is 0 Å². The van der Waals surface area contributed by atoms with Crippen LogP contribution in [0.3, 0.4) is 0 Å². The summed E-state index contributed by atoms with van der Waals surface area (Å²) in [4.78, 5) is 13.5. The van der Waals surface area contributed by atoms with Crippen molar-refractivity contribution in [2.24, 2.45) is 0 Å². The van der Waals surface area contributed by atoms with Crippen LogP contribution < -0.4 is 0 Å². The lowest BCUT2D eigenvalue weighted by atomic mass is 10.0. The van der Waals surface area contributed by atoms with Gasteiger partial charge in [0.25, 0.3) is 10.0 Å². The molecule has 0 unspecified atom stereocenters. The quantitative estimate of drug-likeness (QED) is 0.315. The summed E-state index contributed by atoms with van der Waals surface area (Å²) in [6.45, 7) is 0. The minimum absolute atomic E-state index is 0.177. The van der Waals surface area contributed by atoms with Crippen molar-refractivity contribution >= 4 is 42.6 Å². The van der Waals surface area contributed by atoms with E-state index in [9.17, 15) is 13.2 Å². The Labute approximate surface area is 171 Å². The molecule has 1 heterocycles. The number of aromatic nitrogens is 1. The summed E-state index contributed by atoms with van der Waals surface area (Å²) < 4.78 is 28.1. The first-order chi connectivity index (χ1) is 13.6. The Morgan fingerprint density at radius 3 is 2.04 bits per heavy atom. The van der Waals surface area contributed by atoms with E-state index in [0.717, 1.165) is 0 Å². The van der Waals surface area contributed by atoms with Gasteiger partial charge in [-0.3, -0.25) is 4.79 Å². The van der Waals surface area contributed by atoms with Gasteiger partial charge in [0.2, 0.25) is 0 Å². The number of benzene rings is 3. The van der Waals surface area contributed by atoms with Crippen LogP contribution in [0.5, 0.6) is 0 Å². The first kappa shape index (κ1) is 18.7. The molecule has 28 heavy (non-hydrogen) atoms. The normalized spacial score (nSPS) is 11.6. The monoisotopic (exact) mass is 453 g/mol. The van der Waals surface area contributed by atoms with Gasteiger partial charge >= 0.3 is 0 Å². The van der Waals surface area contributed by atoms with Crippen LogP contribution in [0.25, 0.3) is 10.9 Å². The fraction of sp³-hybridized carbons (Fsp3) is 0.0455. The number of halogens is 1. The highest BCUT2D eigenvalue weighted by molar-refractivity contribution is 9.08. The number of fused-ring (bicyclic) bond motifs is 1. The summed E-state index contributed by atoms with van der Waals surface area (Å²) in [7, 11) is -3.87. The lowest BCUT2D eigenvalue weighted by molar-refractivity contribution is 0.103. The third-order valence-electron chi connectivity index (χ3n) is 4.60. The maximum Gasteiger partial charge on any atom is 0.268 e. The van der Waals surface area contributed by atoms with Crippen LogP contribution in [0, 0.1) is 0 Å². The number of ketones is 1. The van der Waals surface area contributed by atoms with Crippen molar-refractivity contribution in [3.05, 3.63) is 102 Å². The second-order valence-corrected chi connectivity index (χ2v) is 8.60. The summed E-state index contributed by atoms with van der Waals surface area (Å²) >= 11 is 3.41. The highest BCUT2D eigenvalue weighted by Crippen LogP contribution is 2.33. The lowest BCUT2D eigenvalue weighted by Crippen LogP contribution is -2.16. The zero-order valence-electron chi connectivity index (χ0n) is 14.7. The molecule has 4 nitrogen and oxygen atoms in total. The molecular weight excluding hydrogens is 438 g/mol. The molecule has 0 fully saturated rings. The van der Waals surface area contributed by atoms with Crippen molar-refractivity contribution in [2.45, 2.75) is 10.2 Å². The molecule has 0 aliphatic rings. The molecule has 4 aromatic rings. The molecule has 4 rings (SSSR count). The van der Waals surface area contributed by atoms with E-state index in [0.29, 0.717) is 27.7 Å². The van der Waals surface area contributed by atoms with E-state index in [1.807, 2.05) is 12.1 Å². The number of para-hydroxylation sites is 1. The largest absolute Gasteiger partial charge is 0.289 e. The van der Waals surface area contributed by atoms with Crippen LogP contribution in [0.4, 0.5) is 0 Å². The summed E-state index contributed by atoms with van der Waals surface area (Å²) in [6, 6.07) is 24.2. The molecule has 0 aliphatic carbocycles. The Balaban J connectivity index is 2.06. The highest BCUT2D eigenvalue weighted by Gasteiger charge is 2.29. The first-order valence-electron chi connectivity index (χ1n) is 8.64. The number of alkyl halides is 1. The van der Waals surface area contributed by atoms with E-state index in [1.165, 1.54) is 3.97 Å². The number of carbonyl (C=O) groups excluding carboxylic acids is 1. The van der Waals surface area contributed by atoms with E-state index < -0.39 is 10.0 Å². The third-order valence-corrected chi connectivity index (χ3v) is 6.89. The third kappa shape index (κ3) is 2.99. The summed E-state index contributed by atoms with van der Waals surface area (Å²) in [6.07, 6.45) is 0. The predicted octanol–water partition coefficient (Wildman–Crippen LogP) is 5.00. The van der Waals surface area contributed by atoms with E-state index >= 15 is 0 Å². The SMILES string of the molecule is O=C(c1ccccc1)c1c(CBr)n(S(=O)(=O)c2ccccc2)c2ccccc12. The van der Waals surface area contributed by atoms with E-state index in [-0.39, 0.29) is 16.0 Å². The smallest absolute Gasteiger partial charge is 0.268 e. The van der Waals surface area contributed by atoms with Crippen molar-refractivity contribution in [2.75, 3.05) is 0 Å². The number of hydrogen-bond acceptors (Lipinski definition) is 3.